The van der Waals surface area contributed by atoms with Gasteiger partial charge in [0.15, 0.2) is 6.04 Å². The Labute approximate surface area is 259 Å². The molecule has 1 N–H and O–H groups in total. The number of carbonyl (C=O) groups excluding carboxylic acids is 1. The Morgan fingerprint density at radius 2 is 1.62 bits per heavy atom. The van der Waals surface area contributed by atoms with Crippen LogP contribution in [0.1, 0.15) is 41.3 Å². The second kappa shape index (κ2) is 14.0. The average molecular weight is 672 g/mol. The van der Waals surface area contributed by atoms with Crippen molar-refractivity contribution in [3.05, 3.63) is 116 Å². The number of ether oxygens (including phenoxy) is 1. The molecule has 0 bridgehead atoms. The molecule has 5 nitrogen and oxygen atoms in total. The number of nitrogens with one attached hydrogen (secondary N) is 1. The van der Waals surface area contributed by atoms with Crippen LogP contribution in [0.25, 0.3) is 0 Å². The molecule has 0 fully saturated rings. The van der Waals surface area contributed by atoms with E-state index < -0.39 is 12.1 Å². The topological polar surface area (TPSA) is 47.1 Å². The number of aryl methyl sites for hydroxylation is 2. The minimum absolute atomic E-state index is 0. The lowest BCUT2D eigenvalue weighted by Crippen LogP contribution is -3.00. The van der Waals surface area contributed by atoms with Crippen LogP contribution in [-0.2, 0) is 22.7 Å². The van der Waals surface area contributed by atoms with Crippen molar-refractivity contribution >= 4 is 58.0 Å². The molecule has 0 aliphatic carbocycles. The summed E-state index contributed by atoms with van der Waals surface area (Å²) >= 11 is 25.1. The highest BCUT2D eigenvalue weighted by Gasteiger charge is 2.24. The quantitative estimate of drug-likeness (QED) is 0.250. The van der Waals surface area contributed by atoms with E-state index in [4.69, 9.17) is 51.1 Å². The highest BCUT2D eigenvalue weighted by Crippen LogP contribution is 2.31. The molecule has 0 aliphatic rings. The number of rotatable bonds is 9. The number of hydrogen-bond acceptors (Lipinski definition) is 2. The molecule has 2 atom stereocenters. The van der Waals surface area contributed by atoms with Gasteiger partial charge in [0, 0.05) is 31.3 Å². The van der Waals surface area contributed by atoms with Gasteiger partial charge in [0.25, 0.3) is 5.91 Å². The maximum Gasteiger partial charge on any atom is 0.269 e. The number of halogens is 5. The Morgan fingerprint density at radius 3 is 2.26 bits per heavy atom. The normalized spacial score (nSPS) is 12.5. The van der Waals surface area contributed by atoms with Gasteiger partial charge in [-0.2, -0.15) is 0 Å². The smallest absolute Gasteiger partial charge is 0.269 e. The first kappa shape index (κ1) is 31.5. The number of benzene rings is 3. The first-order valence-electron chi connectivity index (χ1n) is 12.1. The number of nitrogens with zero attached hydrogens (tertiary/aromatic N) is 2. The van der Waals surface area contributed by atoms with Crippen molar-refractivity contribution in [3.63, 3.8) is 0 Å². The van der Waals surface area contributed by atoms with E-state index in [9.17, 15) is 4.79 Å². The maximum atomic E-state index is 13.0. The third-order valence-electron chi connectivity index (χ3n) is 6.41. The first-order chi connectivity index (χ1) is 18.1. The number of carbonyl (C=O) groups is 1. The summed E-state index contributed by atoms with van der Waals surface area (Å²) < 4.78 is 10.1. The van der Waals surface area contributed by atoms with Gasteiger partial charge in [-0.05, 0) is 61.7 Å². The summed E-state index contributed by atoms with van der Waals surface area (Å²) in [4.78, 5) is 13.0. The van der Waals surface area contributed by atoms with E-state index in [1.54, 1.807) is 24.3 Å². The Balaban J connectivity index is 0.00000420. The maximum absolute atomic E-state index is 13.0. The molecule has 4 aromatic rings. The Hall–Kier alpha value is -2.06. The van der Waals surface area contributed by atoms with E-state index in [0.717, 1.165) is 27.9 Å². The fourth-order valence-corrected chi connectivity index (χ4v) is 5.14. The Bertz CT molecular complexity index is 1440. The van der Waals surface area contributed by atoms with Crippen molar-refractivity contribution in [1.82, 2.24) is 4.57 Å². The minimum atomic E-state index is -0.429. The molecule has 206 valence electrons. The fourth-order valence-electron chi connectivity index (χ4n) is 4.15. The number of aromatic nitrogens is 2. The van der Waals surface area contributed by atoms with Gasteiger partial charge in [-0.25, -0.2) is 9.13 Å². The minimum Gasteiger partial charge on any atom is -1.00 e. The van der Waals surface area contributed by atoms with Crippen LogP contribution in [0.3, 0.4) is 0 Å². The molecule has 3 aromatic carbocycles. The van der Waals surface area contributed by atoms with Gasteiger partial charge in [-0.15, -0.1) is 0 Å². The van der Waals surface area contributed by atoms with Crippen LogP contribution in [0.4, 0.5) is 5.69 Å². The molecule has 10 heteroatoms. The Morgan fingerprint density at radius 1 is 0.974 bits per heavy atom. The van der Waals surface area contributed by atoms with Gasteiger partial charge >= 0.3 is 0 Å². The van der Waals surface area contributed by atoms with Gasteiger partial charge < -0.3 is 27.0 Å². The van der Waals surface area contributed by atoms with Crippen LogP contribution in [0, 0.1) is 13.8 Å². The lowest BCUT2D eigenvalue weighted by molar-refractivity contribution is -0.705. The van der Waals surface area contributed by atoms with Crippen molar-refractivity contribution in [1.29, 1.82) is 0 Å². The average Bonchev–Trinajstić information content (AvgIpc) is 3.33. The second-order valence-corrected chi connectivity index (χ2v) is 10.9. The molecule has 39 heavy (non-hydrogen) atoms. The molecular weight excluding hydrogens is 644 g/mol. The monoisotopic (exact) mass is 669 g/mol. The SMILES string of the molecule is Cc1cccc(C)c1NC(=O)C(C)n1cc[n+](CC(OCc2ccc(Cl)cc2Cl)c2ccc(Cl)cc2Cl)c1.[Br-]. The summed E-state index contributed by atoms with van der Waals surface area (Å²) in [6.07, 6.45) is 5.24. The number of hydrogen-bond donors (Lipinski definition) is 1. The zero-order valence-corrected chi connectivity index (χ0v) is 26.2. The van der Waals surface area contributed by atoms with Crippen LogP contribution in [0.5, 0.6) is 0 Å². The number of imidazole rings is 1. The van der Waals surface area contributed by atoms with Gasteiger partial charge in [0.2, 0.25) is 6.33 Å². The van der Waals surface area contributed by atoms with Crippen molar-refractivity contribution in [3.8, 4) is 0 Å². The second-order valence-electron chi connectivity index (χ2n) is 9.19. The van der Waals surface area contributed by atoms with Crippen molar-refractivity contribution in [2.75, 3.05) is 5.32 Å². The largest absolute Gasteiger partial charge is 1.00 e. The molecule has 0 saturated carbocycles. The van der Waals surface area contributed by atoms with E-state index in [1.165, 1.54) is 0 Å². The molecule has 2 unspecified atom stereocenters. The first-order valence-corrected chi connectivity index (χ1v) is 13.6. The summed E-state index contributed by atoms with van der Waals surface area (Å²) in [5, 5.41) is 5.20. The lowest BCUT2D eigenvalue weighted by Gasteiger charge is -2.19. The molecule has 0 aliphatic heterocycles. The predicted molar refractivity (Wildman–Crippen MR) is 154 cm³/mol. The summed E-state index contributed by atoms with van der Waals surface area (Å²) in [6.45, 7) is 6.53. The number of anilines is 1. The van der Waals surface area contributed by atoms with Crippen LogP contribution in [0.15, 0.2) is 73.3 Å². The molecular formula is C29H28BrCl4N3O2. The van der Waals surface area contributed by atoms with E-state index in [-0.39, 0.29) is 29.5 Å². The summed E-state index contributed by atoms with van der Waals surface area (Å²) in [6, 6.07) is 16.1. The number of amides is 1. The van der Waals surface area contributed by atoms with Crippen LogP contribution < -0.4 is 26.9 Å². The molecule has 4 rings (SSSR count). The van der Waals surface area contributed by atoms with Crippen LogP contribution in [-0.4, -0.2) is 10.5 Å². The van der Waals surface area contributed by atoms with Crippen molar-refractivity contribution in [2.45, 2.75) is 46.1 Å². The highest BCUT2D eigenvalue weighted by molar-refractivity contribution is 6.35. The van der Waals surface area contributed by atoms with Gasteiger partial charge in [0.05, 0.1) is 6.61 Å². The van der Waals surface area contributed by atoms with E-state index >= 15 is 0 Å². The van der Waals surface area contributed by atoms with Crippen LogP contribution in [0.2, 0.25) is 20.1 Å². The third kappa shape index (κ3) is 8.00. The zero-order chi connectivity index (χ0) is 27.4. The van der Waals surface area contributed by atoms with Gasteiger partial charge in [-0.3, -0.25) is 4.79 Å². The molecule has 1 aromatic heterocycles. The molecule has 0 spiro atoms. The van der Waals surface area contributed by atoms with Crippen LogP contribution >= 0.6 is 46.4 Å². The summed E-state index contributed by atoms with van der Waals surface area (Å²) in [5.41, 5.74) is 4.49. The summed E-state index contributed by atoms with van der Waals surface area (Å²) in [5.74, 6) is -0.101. The molecule has 0 saturated heterocycles. The highest BCUT2D eigenvalue weighted by atomic mass is 79.9. The number of para-hydroxylation sites is 1. The molecule has 1 amide bonds. The Kier molecular flexibility index (Phi) is 11.3. The summed E-state index contributed by atoms with van der Waals surface area (Å²) in [7, 11) is 0. The zero-order valence-electron chi connectivity index (χ0n) is 21.6. The van der Waals surface area contributed by atoms with Gasteiger partial charge in [0.1, 0.15) is 25.0 Å². The van der Waals surface area contributed by atoms with E-state index in [0.29, 0.717) is 26.6 Å². The predicted octanol–water partition coefficient (Wildman–Crippen LogP) is 5.17. The standard InChI is InChI=1S/C29H27Cl4N3O2.BrH/c1-18-5-4-6-19(2)28(18)34-29(37)20(3)36-12-11-35(17-36)15-27(24-10-9-23(31)14-26(24)33)38-16-21-7-8-22(30)13-25(21)32;/h4-14,17,20,27H,15-16H2,1-3H3;1H. The molecule has 1 heterocycles. The van der Waals surface area contributed by atoms with E-state index in [1.807, 2.05) is 79.0 Å². The third-order valence-corrected chi connectivity index (χ3v) is 7.56. The van der Waals surface area contributed by atoms with Gasteiger partial charge in [-0.1, -0.05) is 76.7 Å². The fraction of sp³-hybridized carbons (Fsp3) is 0.241. The van der Waals surface area contributed by atoms with E-state index in [2.05, 4.69) is 5.32 Å². The van der Waals surface area contributed by atoms with Crippen molar-refractivity contribution in [2.24, 2.45) is 0 Å². The lowest BCUT2D eigenvalue weighted by atomic mass is 10.1. The van der Waals surface area contributed by atoms with Crippen molar-refractivity contribution < 1.29 is 31.1 Å². The molecule has 0 radical (unpaired) electrons.